The summed E-state index contributed by atoms with van der Waals surface area (Å²) in [6.07, 6.45) is 5.33. The number of nitrogens with zero attached hydrogens (tertiary/aromatic N) is 3. The predicted octanol–water partition coefficient (Wildman–Crippen LogP) is 2.79. The van der Waals surface area contributed by atoms with Gasteiger partial charge in [0.15, 0.2) is 11.6 Å². The van der Waals surface area contributed by atoms with Crippen molar-refractivity contribution in [2.75, 3.05) is 25.5 Å². The Morgan fingerprint density at radius 3 is 3.04 bits per heavy atom. The zero-order valence-corrected chi connectivity index (χ0v) is 14.1. The number of aromatic nitrogens is 2. The molecule has 0 aliphatic carbocycles. The molecule has 132 valence electrons. The minimum Gasteiger partial charge on any atom is -0.490 e. The zero-order valence-electron chi connectivity index (χ0n) is 14.1. The van der Waals surface area contributed by atoms with Gasteiger partial charge in [0.05, 0.1) is 37.2 Å². The largest absolute Gasteiger partial charge is 0.490 e. The topological polar surface area (TPSA) is 67.4 Å². The average Bonchev–Trinajstić information content (AvgIpc) is 3.13. The van der Waals surface area contributed by atoms with E-state index >= 15 is 0 Å². The number of benzene rings is 1. The molecular weight excluding hydrogens is 323 g/mol. The molecule has 1 aromatic carbocycles. The molecule has 0 spiro atoms. The van der Waals surface area contributed by atoms with Gasteiger partial charge in [-0.2, -0.15) is 0 Å². The van der Waals surface area contributed by atoms with E-state index in [0.717, 1.165) is 18.5 Å². The molecule has 7 heteroatoms. The van der Waals surface area contributed by atoms with Gasteiger partial charge in [-0.25, -0.2) is 9.37 Å². The Bertz CT molecular complexity index is 741. The van der Waals surface area contributed by atoms with Crippen LogP contribution in [-0.4, -0.2) is 41.0 Å². The van der Waals surface area contributed by atoms with E-state index in [1.807, 2.05) is 4.90 Å². The van der Waals surface area contributed by atoms with Gasteiger partial charge in [0, 0.05) is 13.6 Å². The van der Waals surface area contributed by atoms with Gasteiger partial charge in [-0.15, -0.1) is 0 Å². The number of hydrogen-bond donors (Lipinski definition) is 1. The lowest BCUT2D eigenvalue weighted by Crippen LogP contribution is -2.32. The fourth-order valence-corrected chi connectivity index (χ4v) is 2.99. The van der Waals surface area contributed by atoms with E-state index in [-0.39, 0.29) is 30.7 Å². The van der Waals surface area contributed by atoms with Crippen molar-refractivity contribution >= 4 is 11.7 Å². The first kappa shape index (κ1) is 17.1. The van der Waals surface area contributed by atoms with Crippen molar-refractivity contribution in [3.05, 3.63) is 48.2 Å². The number of carbonyl (C=O) groups is 1. The van der Waals surface area contributed by atoms with Gasteiger partial charge in [0.25, 0.3) is 0 Å². The molecule has 3 rings (SSSR count). The van der Waals surface area contributed by atoms with Crippen LogP contribution in [0.3, 0.4) is 0 Å². The number of halogens is 1. The SMILES string of the molecule is CNc1cncc(C2CCCN2C(=O)CCOc2ccccc2F)n1. The lowest BCUT2D eigenvalue weighted by Gasteiger charge is -2.24. The van der Waals surface area contributed by atoms with E-state index in [4.69, 9.17) is 4.74 Å². The maximum Gasteiger partial charge on any atom is 0.226 e. The van der Waals surface area contributed by atoms with E-state index in [9.17, 15) is 9.18 Å². The molecule has 1 unspecified atom stereocenters. The maximum absolute atomic E-state index is 13.5. The van der Waals surface area contributed by atoms with Crippen molar-refractivity contribution in [1.29, 1.82) is 0 Å². The summed E-state index contributed by atoms with van der Waals surface area (Å²) in [5.74, 6) is 0.407. The molecule has 1 aromatic heterocycles. The fourth-order valence-electron chi connectivity index (χ4n) is 2.99. The van der Waals surface area contributed by atoms with Crippen molar-refractivity contribution in [3.63, 3.8) is 0 Å². The Labute approximate surface area is 146 Å². The van der Waals surface area contributed by atoms with Crippen LogP contribution < -0.4 is 10.1 Å². The van der Waals surface area contributed by atoms with Crippen molar-refractivity contribution < 1.29 is 13.9 Å². The van der Waals surface area contributed by atoms with Gasteiger partial charge in [0.1, 0.15) is 5.82 Å². The molecule has 25 heavy (non-hydrogen) atoms. The minimum atomic E-state index is -0.423. The van der Waals surface area contributed by atoms with Crippen LogP contribution in [0.15, 0.2) is 36.7 Å². The summed E-state index contributed by atoms with van der Waals surface area (Å²) < 4.78 is 18.9. The fraction of sp³-hybridized carbons (Fsp3) is 0.389. The van der Waals surface area contributed by atoms with Crippen LogP contribution in [0.5, 0.6) is 5.75 Å². The summed E-state index contributed by atoms with van der Waals surface area (Å²) >= 11 is 0. The second-order valence-electron chi connectivity index (χ2n) is 5.85. The maximum atomic E-state index is 13.5. The van der Waals surface area contributed by atoms with Crippen LogP contribution in [0.25, 0.3) is 0 Å². The molecule has 6 nitrogen and oxygen atoms in total. The van der Waals surface area contributed by atoms with Crippen LogP contribution >= 0.6 is 0 Å². The third-order valence-corrected chi connectivity index (χ3v) is 4.23. The third-order valence-electron chi connectivity index (χ3n) is 4.23. The molecule has 1 fully saturated rings. The van der Waals surface area contributed by atoms with Crippen LogP contribution in [0.1, 0.15) is 31.0 Å². The summed E-state index contributed by atoms with van der Waals surface area (Å²) in [5.41, 5.74) is 0.785. The summed E-state index contributed by atoms with van der Waals surface area (Å²) in [7, 11) is 1.78. The number of nitrogens with one attached hydrogen (secondary N) is 1. The number of anilines is 1. The second-order valence-corrected chi connectivity index (χ2v) is 5.85. The lowest BCUT2D eigenvalue weighted by atomic mass is 10.1. The molecule has 2 heterocycles. The van der Waals surface area contributed by atoms with Gasteiger partial charge >= 0.3 is 0 Å². The number of hydrogen-bond acceptors (Lipinski definition) is 5. The summed E-state index contributed by atoms with van der Waals surface area (Å²) in [5, 5.41) is 2.96. The number of rotatable bonds is 6. The standard InChI is InChI=1S/C18H21FN4O2/c1-20-17-12-21-11-14(22-17)15-6-4-9-23(15)18(24)8-10-25-16-7-3-2-5-13(16)19/h2-3,5,7,11-12,15H,4,6,8-10H2,1H3,(H,20,22). The van der Waals surface area contributed by atoms with Crippen LogP contribution in [0.4, 0.5) is 10.2 Å². The Hall–Kier alpha value is -2.70. The highest BCUT2D eigenvalue weighted by molar-refractivity contribution is 5.77. The average molecular weight is 344 g/mol. The van der Waals surface area contributed by atoms with Crippen molar-refractivity contribution in [2.24, 2.45) is 0 Å². The normalized spacial score (nSPS) is 16.7. The molecule has 1 N–H and O–H groups in total. The highest BCUT2D eigenvalue weighted by atomic mass is 19.1. The zero-order chi connectivity index (χ0) is 17.6. The smallest absolute Gasteiger partial charge is 0.226 e. The van der Waals surface area contributed by atoms with Gasteiger partial charge in [0.2, 0.25) is 5.91 Å². The van der Waals surface area contributed by atoms with Crippen molar-refractivity contribution in [1.82, 2.24) is 14.9 Å². The van der Waals surface area contributed by atoms with Crippen LogP contribution in [0.2, 0.25) is 0 Å². The van der Waals surface area contributed by atoms with Gasteiger partial charge in [-0.3, -0.25) is 9.78 Å². The summed E-state index contributed by atoms with van der Waals surface area (Å²) in [4.78, 5) is 23.0. The van der Waals surface area contributed by atoms with E-state index in [1.165, 1.54) is 6.07 Å². The van der Waals surface area contributed by atoms with E-state index in [1.54, 1.807) is 37.6 Å². The Morgan fingerprint density at radius 1 is 1.40 bits per heavy atom. The molecule has 0 radical (unpaired) electrons. The molecular formula is C18H21FN4O2. The number of ether oxygens (including phenoxy) is 1. The Morgan fingerprint density at radius 2 is 2.24 bits per heavy atom. The Kier molecular flexibility index (Phi) is 5.42. The monoisotopic (exact) mass is 344 g/mol. The van der Waals surface area contributed by atoms with Gasteiger partial charge in [-0.05, 0) is 25.0 Å². The van der Waals surface area contributed by atoms with Gasteiger partial charge < -0.3 is 15.0 Å². The second kappa shape index (κ2) is 7.92. The summed E-state index contributed by atoms with van der Waals surface area (Å²) in [6.45, 7) is 0.833. The highest BCUT2D eigenvalue weighted by Crippen LogP contribution is 2.31. The first-order chi connectivity index (χ1) is 12.2. The number of carbonyl (C=O) groups excluding carboxylic acids is 1. The van der Waals surface area contributed by atoms with Crippen LogP contribution in [0, 0.1) is 5.82 Å². The first-order valence-electron chi connectivity index (χ1n) is 8.35. The Balaban J connectivity index is 1.60. The quantitative estimate of drug-likeness (QED) is 0.873. The molecule has 1 aliphatic rings. The molecule has 1 atom stereocenters. The molecule has 0 bridgehead atoms. The van der Waals surface area contributed by atoms with Gasteiger partial charge in [-0.1, -0.05) is 12.1 Å². The number of para-hydroxylation sites is 1. The first-order valence-corrected chi connectivity index (χ1v) is 8.35. The van der Waals surface area contributed by atoms with E-state index < -0.39 is 5.82 Å². The third kappa shape index (κ3) is 4.04. The predicted molar refractivity (Wildman–Crippen MR) is 91.8 cm³/mol. The molecule has 0 saturated carbocycles. The minimum absolute atomic E-state index is 0.0181. The molecule has 1 aliphatic heterocycles. The molecule has 1 amide bonds. The van der Waals surface area contributed by atoms with E-state index in [0.29, 0.717) is 12.4 Å². The highest BCUT2D eigenvalue weighted by Gasteiger charge is 2.31. The summed E-state index contributed by atoms with van der Waals surface area (Å²) in [6, 6.07) is 6.12. The molecule has 2 aromatic rings. The van der Waals surface area contributed by atoms with Crippen LogP contribution in [-0.2, 0) is 4.79 Å². The van der Waals surface area contributed by atoms with Crippen molar-refractivity contribution in [3.8, 4) is 5.75 Å². The lowest BCUT2D eigenvalue weighted by molar-refractivity contribution is -0.132. The number of likely N-dealkylation sites (tertiary alicyclic amines) is 1. The van der Waals surface area contributed by atoms with Crippen molar-refractivity contribution in [2.45, 2.75) is 25.3 Å². The number of amides is 1. The van der Waals surface area contributed by atoms with E-state index in [2.05, 4.69) is 15.3 Å². The molecule has 1 saturated heterocycles.